The largest absolute Gasteiger partial charge is 0.414 e. The first-order chi connectivity index (χ1) is 16.8. The summed E-state index contributed by atoms with van der Waals surface area (Å²) >= 11 is 0. The van der Waals surface area contributed by atoms with Gasteiger partial charge in [-0.25, -0.2) is 9.18 Å². The number of carbonyl (C=O) groups is 2. The molecule has 1 aromatic carbocycles. The van der Waals surface area contributed by atoms with Crippen molar-refractivity contribution in [2.45, 2.75) is 49.6 Å². The Morgan fingerprint density at radius 1 is 1.11 bits per heavy atom. The van der Waals surface area contributed by atoms with Gasteiger partial charge in [-0.3, -0.25) is 4.79 Å². The first kappa shape index (κ1) is 23.5. The van der Waals surface area contributed by atoms with Crippen LogP contribution >= 0.6 is 0 Å². The minimum atomic E-state index is -0.562. The number of nitrogens with one attached hydrogen (secondary N) is 2. The molecule has 3 N–H and O–H groups in total. The van der Waals surface area contributed by atoms with E-state index in [2.05, 4.69) is 15.6 Å². The fourth-order valence-electron chi connectivity index (χ4n) is 6.77. The maximum absolute atomic E-state index is 13.7. The third kappa shape index (κ3) is 4.96. The van der Waals surface area contributed by atoms with Gasteiger partial charge in [-0.15, -0.1) is 0 Å². The molecule has 2 aromatic rings. The summed E-state index contributed by atoms with van der Waals surface area (Å²) < 4.78 is 19.2. The molecule has 2 amide bonds. The average Bonchev–Trinajstić information content (AvgIpc) is 2.77. The monoisotopic (exact) mass is 482 g/mol. The zero-order valence-electron chi connectivity index (χ0n) is 19.8. The van der Waals surface area contributed by atoms with Crippen LogP contribution in [0.15, 0.2) is 42.5 Å². The van der Waals surface area contributed by atoms with E-state index in [-0.39, 0.29) is 18.4 Å². The zero-order valence-corrected chi connectivity index (χ0v) is 19.8. The molecule has 4 bridgehead atoms. The van der Waals surface area contributed by atoms with Crippen LogP contribution in [0, 0.1) is 17.7 Å². The highest BCUT2D eigenvalue weighted by atomic mass is 19.1. The van der Waals surface area contributed by atoms with Crippen LogP contribution < -0.4 is 20.3 Å². The predicted octanol–water partition coefficient (Wildman–Crippen LogP) is 3.26. The van der Waals surface area contributed by atoms with Crippen molar-refractivity contribution in [1.82, 2.24) is 15.6 Å². The average molecular weight is 483 g/mol. The van der Waals surface area contributed by atoms with Gasteiger partial charge in [-0.2, -0.15) is 4.98 Å². The van der Waals surface area contributed by atoms with E-state index < -0.39 is 23.0 Å². The SMILES string of the molecule is CN(CCO)c1cccc(OC(=O)NC23CC4CC(C2)CC(NC(=O)c2cccc(F)c2)(C4)C3)n1. The fraction of sp³-hybridized carbons (Fsp3) is 0.500. The molecule has 4 aliphatic rings. The summed E-state index contributed by atoms with van der Waals surface area (Å²) in [5, 5.41) is 15.5. The molecule has 8 nitrogen and oxygen atoms in total. The number of hydrogen-bond donors (Lipinski definition) is 3. The van der Waals surface area contributed by atoms with E-state index >= 15 is 0 Å². The van der Waals surface area contributed by atoms with Gasteiger partial charge < -0.3 is 25.4 Å². The second-order valence-corrected chi connectivity index (χ2v) is 10.5. The number of amides is 2. The lowest BCUT2D eigenvalue weighted by molar-refractivity contribution is -0.0449. The first-order valence-corrected chi connectivity index (χ1v) is 12.1. The fourth-order valence-corrected chi connectivity index (χ4v) is 6.77. The van der Waals surface area contributed by atoms with Crippen molar-refractivity contribution in [1.29, 1.82) is 0 Å². The Bertz CT molecular complexity index is 1110. The predicted molar refractivity (Wildman–Crippen MR) is 128 cm³/mol. The summed E-state index contributed by atoms with van der Waals surface area (Å²) in [4.78, 5) is 32.0. The van der Waals surface area contributed by atoms with Crippen LogP contribution in [0.2, 0.25) is 0 Å². The maximum Gasteiger partial charge on any atom is 0.414 e. The quantitative estimate of drug-likeness (QED) is 0.560. The number of halogens is 1. The number of aliphatic hydroxyl groups excluding tert-OH is 1. The summed E-state index contributed by atoms with van der Waals surface area (Å²) in [5.74, 6) is 0.860. The van der Waals surface area contributed by atoms with Crippen molar-refractivity contribution in [3.63, 3.8) is 0 Å². The van der Waals surface area contributed by atoms with Crippen LogP contribution in [0.25, 0.3) is 0 Å². The van der Waals surface area contributed by atoms with E-state index in [4.69, 9.17) is 9.84 Å². The van der Waals surface area contributed by atoms with E-state index in [0.717, 1.165) is 32.1 Å². The molecule has 0 spiro atoms. The molecule has 0 aliphatic heterocycles. The van der Waals surface area contributed by atoms with Gasteiger partial charge >= 0.3 is 6.09 Å². The molecule has 4 saturated carbocycles. The number of likely N-dealkylation sites (N-methyl/N-ethyl adjacent to an activating group) is 1. The lowest BCUT2D eigenvalue weighted by atomic mass is 9.50. The standard InChI is InChI=1S/C26H31FN4O4/c1-31(8-9-32)21-6-3-7-22(28-21)35-24(34)30-26-14-17-10-18(15-26)13-25(12-17,16-26)29-23(33)19-4-2-5-20(27)11-19/h2-7,11,17-18,32H,8-10,12-16H2,1H3,(H,29,33)(H,30,34). The molecule has 6 rings (SSSR count). The third-order valence-electron chi connectivity index (χ3n) is 7.63. The van der Waals surface area contributed by atoms with E-state index in [1.807, 2.05) is 0 Å². The minimum Gasteiger partial charge on any atom is -0.395 e. The number of carbonyl (C=O) groups excluding carboxylic acids is 2. The topological polar surface area (TPSA) is 104 Å². The second-order valence-electron chi connectivity index (χ2n) is 10.5. The third-order valence-corrected chi connectivity index (χ3v) is 7.63. The van der Waals surface area contributed by atoms with Gasteiger partial charge in [0.25, 0.3) is 5.91 Å². The molecule has 1 heterocycles. The van der Waals surface area contributed by atoms with Gasteiger partial charge in [-0.1, -0.05) is 12.1 Å². The van der Waals surface area contributed by atoms with Crippen LogP contribution in [0.3, 0.4) is 0 Å². The van der Waals surface area contributed by atoms with E-state index in [9.17, 15) is 14.0 Å². The molecule has 1 aromatic heterocycles. The summed E-state index contributed by atoms with van der Waals surface area (Å²) in [6.07, 6.45) is 4.58. The van der Waals surface area contributed by atoms with Gasteiger partial charge in [0, 0.05) is 36.3 Å². The van der Waals surface area contributed by atoms with Crippen molar-refractivity contribution >= 4 is 17.8 Å². The number of aromatic nitrogens is 1. The van der Waals surface area contributed by atoms with Gasteiger partial charge in [0.1, 0.15) is 11.6 Å². The Morgan fingerprint density at radius 2 is 1.80 bits per heavy atom. The molecule has 4 fully saturated rings. The molecular weight excluding hydrogens is 451 g/mol. The summed E-state index contributed by atoms with van der Waals surface area (Å²) in [6.45, 7) is 0.407. The van der Waals surface area contributed by atoms with Crippen molar-refractivity contribution in [2.24, 2.45) is 11.8 Å². The molecule has 35 heavy (non-hydrogen) atoms. The van der Waals surface area contributed by atoms with Crippen molar-refractivity contribution in [3.8, 4) is 5.88 Å². The van der Waals surface area contributed by atoms with E-state index in [1.54, 1.807) is 36.2 Å². The lowest BCUT2D eigenvalue weighted by Gasteiger charge is -2.62. The smallest absolute Gasteiger partial charge is 0.395 e. The number of pyridine rings is 1. The van der Waals surface area contributed by atoms with Crippen molar-refractivity contribution in [3.05, 3.63) is 53.8 Å². The van der Waals surface area contributed by atoms with Gasteiger partial charge in [-0.05, 0) is 74.6 Å². The zero-order chi connectivity index (χ0) is 24.6. The molecule has 186 valence electrons. The number of ether oxygens (including phenoxy) is 1. The molecule has 4 aliphatic carbocycles. The first-order valence-electron chi connectivity index (χ1n) is 12.1. The Kier molecular flexibility index (Phi) is 6.13. The molecule has 9 heteroatoms. The van der Waals surface area contributed by atoms with Crippen molar-refractivity contribution < 1.29 is 23.8 Å². The van der Waals surface area contributed by atoms with E-state index in [0.29, 0.717) is 36.2 Å². The minimum absolute atomic E-state index is 0.00783. The Hall–Kier alpha value is -3.20. The highest BCUT2D eigenvalue weighted by molar-refractivity contribution is 5.94. The van der Waals surface area contributed by atoms with Crippen LogP contribution in [-0.4, -0.2) is 53.4 Å². The molecule has 2 unspecified atom stereocenters. The maximum atomic E-state index is 13.7. The molecule has 0 saturated heterocycles. The molecular formula is C26H31FN4O4. The van der Waals surface area contributed by atoms with E-state index in [1.165, 1.54) is 18.2 Å². The van der Waals surface area contributed by atoms with Crippen LogP contribution in [0.5, 0.6) is 5.88 Å². The lowest BCUT2D eigenvalue weighted by Crippen LogP contribution is -2.70. The Morgan fingerprint density at radius 3 is 2.49 bits per heavy atom. The summed E-state index contributed by atoms with van der Waals surface area (Å²) in [6, 6.07) is 10.9. The van der Waals surface area contributed by atoms with Crippen LogP contribution in [0.4, 0.5) is 15.0 Å². The highest BCUT2D eigenvalue weighted by Crippen LogP contribution is 2.57. The number of hydrogen-bond acceptors (Lipinski definition) is 6. The summed E-state index contributed by atoms with van der Waals surface area (Å²) in [5.41, 5.74) is -0.576. The van der Waals surface area contributed by atoms with Gasteiger partial charge in [0.05, 0.1) is 6.61 Å². The second kappa shape index (κ2) is 9.11. The normalized spacial score (nSPS) is 28.4. The van der Waals surface area contributed by atoms with Crippen LogP contribution in [0.1, 0.15) is 48.9 Å². The summed E-state index contributed by atoms with van der Waals surface area (Å²) in [7, 11) is 1.80. The van der Waals surface area contributed by atoms with Crippen molar-refractivity contribution in [2.75, 3.05) is 25.1 Å². The van der Waals surface area contributed by atoms with Gasteiger partial charge in [0.15, 0.2) is 0 Å². The highest BCUT2D eigenvalue weighted by Gasteiger charge is 2.59. The number of anilines is 1. The Labute approximate surface area is 203 Å². The number of rotatable bonds is 7. The number of aliphatic hydroxyl groups is 1. The molecule has 2 atom stereocenters. The Balaban J connectivity index is 1.29. The van der Waals surface area contributed by atoms with Gasteiger partial charge in [0.2, 0.25) is 5.88 Å². The number of benzene rings is 1. The van der Waals surface area contributed by atoms with Crippen LogP contribution in [-0.2, 0) is 0 Å². The molecule has 0 radical (unpaired) electrons. The number of nitrogens with zero attached hydrogens (tertiary/aromatic N) is 2.